The number of hydrogen-bond donors (Lipinski definition) is 0. The minimum absolute atomic E-state index is 0.394. The first-order chi connectivity index (χ1) is 8.11. The Hall–Kier alpha value is -1.29. The van der Waals surface area contributed by atoms with E-state index in [-0.39, 0.29) is 0 Å². The third-order valence-corrected chi connectivity index (χ3v) is 3.72. The summed E-state index contributed by atoms with van der Waals surface area (Å²) >= 11 is 1.46. The minimum Gasteiger partial charge on any atom is -0.241 e. The lowest BCUT2D eigenvalue weighted by Gasteiger charge is -2.02. The molecular formula is C13H13F2NS. The zero-order chi connectivity index (χ0) is 12.4. The molecule has 0 radical (unpaired) electrons. The maximum absolute atomic E-state index is 13.1. The summed E-state index contributed by atoms with van der Waals surface area (Å²) in [6, 6.07) is 3.88. The van der Waals surface area contributed by atoms with Crippen molar-refractivity contribution in [2.75, 3.05) is 0 Å². The highest BCUT2D eigenvalue weighted by atomic mass is 32.1. The van der Waals surface area contributed by atoms with Crippen LogP contribution in [0.2, 0.25) is 0 Å². The van der Waals surface area contributed by atoms with E-state index in [1.165, 1.54) is 17.4 Å². The number of benzene rings is 1. The molecule has 1 heterocycles. The average molecular weight is 253 g/mol. The molecular weight excluding hydrogens is 240 g/mol. The molecule has 0 fully saturated rings. The maximum Gasteiger partial charge on any atom is 0.159 e. The van der Waals surface area contributed by atoms with Gasteiger partial charge in [0.15, 0.2) is 11.6 Å². The van der Waals surface area contributed by atoms with Crippen LogP contribution in [0.15, 0.2) is 23.6 Å². The number of aromatic nitrogens is 1. The van der Waals surface area contributed by atoms with Crippen LogP contribution in [0.1, 0.15) is 31.9 Å². The molecule has 2 rings (SSSR count). The predicted molar refractivity (Wildman–Crippen MR) is 66.2 cm³/mol. The van der Waals surface area contributed by atoms with Gasteiger partial charge in [-0.2, -0.15) is 0 Å². The molecule has 0 spiro atoms. The summed E-state index contributed by atoms with van der Waals surface area (Å²) in [5.74, 6) is -1.26. The molecule has 1 aromatic carbocycles. The minimum atomic E-state index is -0.831. The zero-order valence-electron chi connectivity index (χ0n) is 9.71. The quantitative estimate of drug-likeness (QED) is 0.779. The summed E-state index contributed by atoms with van der Waals surface area (Å²) in [6.07, 6.45) is 1.01. The third kappa shape index (κ3) is 2.52. The molecule has 0 bridgehead atoms. The van der Waals surface area contributed by atoms with Gasteiger partial charge in [-0.1, -0.05) is 13.8 Å². The van der Waals surface area contributed by atoms with Crippen molar-refractivity contribution in [2.45, 2.75) is 26.2 Å². The van der Waals surface area contributed by atoms with Crippen LogP contribution < -0.4 is 0 Å². The van der Waals surface area contributed by atoms with Crippen molar-refractivity contribution in [1.29, 1.82) is 0 Å². The Kier molecular flexibility index (Phi) is 3.52. The Morgan fingerprint density at radius 1 is 1.29 bits per heavy atom. The fraction of sp³-hybridized carbons (Fsp3) is 0.308. The second kappa shape index (κ2) is 4.92. The van der Waals surface area contributed by atoms with Crippen LogP contribution in [0.25, 0.3) is 10.6 Å². The number of nitrogens with zero attached hydrogens (tertiary/aromatic N) is 1. The fourth-order valence-corrected chi connectivity index (χ4v) is 2.42. The molecule has 0 saturated heterocycles. The van der Waals surface area contributed by atoms with Crippen molar-refractivity contribution in [3.05, 3.63) is 40.9 Å². The molecule has 0 aliphatic carbocycles. The standard InChI is InChI=1S/C13H13F2NS/c1-3-8(2)12-7-17-13(16-12)9-4-5-10(14)11(15)6-9/h4-8H,3H2,1-2H3. The van der Waals surface area contributed by atoms with E-state index in [1.54, 1.807) is 6.07 Å². The maximum atomic E-state index is 13.1. The number of hydrogen-bond acceptors (Lipinski definition) is 2. The van der Waals surface area contributed by atoms with E-state index >= 15 is 0 Å². The van der Waals surface area contributed by atoms with E-state index in [9.17, 15) is 8.78 Å². The highest BCUT2D eigenvalue weighted by Crippen LogP contribution is 2.28. The van der Waals surface area contributed by atoms with Gasteiger partial charge >= 0.3 is 0 Å². The van der Waals surface area contributed by atoms with Crippen molar-refractivity contribution in [3.63, 3.8) is 0 Å². The van der Waals surface area contributed by atoms with Gasteiger partial charge in [-0.3, -0.25) is 0 Å². The lowest BCUT2D eigenvalue weighted by Crippen LogP contribution is -1.91. The topological polar surface area (TPSA) is 12.9 Å². The molecule has 0 aliphatic rings. The number of rotatable bonds is 3. The van der Waals surface area contributed by atoms with Gasteiger partial charge in [0.1, 0.15) is 5.01 Å². The highest BCUT2D eigenvalue weighted by molar-refractivity contribution is 7.13. The van der Waals surface area contributed by atoms with Crippen molar-refractivity contribution in [2.24, 2.45) is 0 Å². The lowest BCUT2D eigenvalue weighted by atomic mass is 10.1. The normalized spacial score (nSPS) is 12.7. The van der Waals surface area contributed by atoms with Crippen molar-refractivity contribution in [3.8, 4) is 10.6 Å². The van der Waals surface area contributed by atoms with Crippen LogP contribution in [-0.2, 0) is 0 Å². The fourth-order valence-electron chi connectivity index (χ4n) is 1.48. The summed E-state index contributed by atoms with van der Waals surface area (Å²) in [5, 5.41) is 2.71. The van der Waals surface area contributed by atoms with Crippen molar-refractivity contribution < 1.29 is 8.78 Å². The van der Waals surface area contributed by atoms with Crippen molar-refractivity contribution in [1.82, 2.24) is 4.98 Å². The van der Waals surface area contributed by atoms with E-state index in [2.05, 4.69) is 18.8 Å². The number of halogens is 2. The van der Waals surface area contributed by atoms with Gasteiger partial charge in [0.25, 0.3) is 0 Å². The predicted octanol–water partition coefficient (Wildman–Crippen LogP) is 4.60. The summed E-state index contributed by atoms with van der Waals surface area (Å²) in [4.78, 5) is 4.45. The van der Waals surface area contributed by atoms with E-state index in [0.29, 0.717) is 11.5 Å². The molecule has 0 N–H and O–H groups in total. The van der Waals surface area contributed by atoms with Crippen LogP contribution in [0.5, 0.6) is 0 Å². The second-order valence-corrected chi connectivity index (χ2v) is 4.87. The van der Waals surface area contributed by atoms with Gasteiger partial charge in [0.05, 0.1) is 5.69 Å². The first kappa shape index (κ1) is 12.2. The van der Waals surface area contributed by atoms with Gasteiger partial charge in [-0.25, -0.2) is 13.8 Å². The van der Waals surface area contributed by atoms with E-state index < -0.39 is 11.6 Å². The third-order valence-electron chi connectivity index (χ3n) is 2.81. The Morgan fingerprint density at radius 3 is 2.71 bits per heavy atom. The first-order valence-electron chi connectivity index (χ1n) is 5.52. The molecule has 90 valence electrons. The molecule has 0 aliphatic heterocycles. The molecule has 0 amide bonds. The van der Waals surface area contributed by atoms with Crippen molar-refractivity contribution >= 4 is 11.3 Å². The van der Waals surface area contributed by atoms with Gasteiger partial charge in [0, 0.05) is 10.9 Å². The van der Waals surface area contributed by atoms with E-state index in [1.807, 2.05) is 5.38 Å². The molecule has 1 atom stereocenters. The van der Waals surface area contributed by atoms with Crippen LogP contribution in [0.4, 0.5) is 8.78 Å². The van der Waals surface area contributed by atoms with Gasteiger partial charge in [0.2, 0.25) is 0 Å². The Labute approximate surface area is 103 Å². The SMILES string of the molecule is CCC(C)c1csc(-c2ccc(F)c(F)c2)n1. The largest absolute Gasteiger partial charge is 0.241 e. The highest BCUT2D eigenvalue weighted by Gasteiger charge is 2.11. The number of thiazole rings is 1. The molecule has 1 aromatic heterocycles. The summed E-state index contributed by atoms with van der Waals surface area (Å²) in [7, 11) is 0. The van der Waals surface area contributed by atoms with Crippen LogP contribution in [0.3, 0.4) is 0 Å². The molecule has 1 unspecified atom stereocenters. The Morgan fingerprint density at radius 2 is 2.06 bits per heavy atom. The van der Waals surface area contributed by atoms with Crippen LogP contribution in [-0.4, -0.2) is 4.98 Å². The molecule has 17 heavy (non-hydrogen) atoms. The monoisotopic (exact) mass is 253 g/mol. The average Bonchev–Trinajstić information content (AvgIpc) is 2.81. The summed E-state index contributed by atoms with van der Waals surface area (Å²) in [5.41, 5.74) is 1.64. The van der Waals surface area contributed by atoms with Crippen LogP contribution >= 0.6 is 11.3 Å². The van der Waals surface area contributed by atoms with E-state index in [0.717, 1.165) is 23.2 Å². The molecule has 0 saturated carbocycles. The summed E-state index contributed by atoms with van der Waals surface area (Å²) in [6.45, 7) is 4.20. The first-order valence-corrected chi connectivity index (χ1v) is 6.40. The zero-order valence-corrected chi connectivity index (χ0v) is 10.5. The van der Waals surface area contributed by atoms with E-state index in [4.69, 9.17) is 0 Å². The van der Waals surface area contributed by atoms with Gasteiger partial charge in [-0.15, -0.1) is 11.3 Å². The van der Waals surface area contributed by atoms with Gasteiger partial charge in [-0.05, 0) is 30.5 Å². The summed E-state index contributed by atoms with van der Waals surface area (Å²) < 4.78 is 25.9. The Bertz CT molecular complexity index is 522. The molecule has 2 aromatic rings. The Balaban J connectivity index is 2.33. The van der Waals surface area contributed by atoms with Gasteiger partial charge < -0.3 is 0 Å². The second-order valence-electron chi connectivity index (χ2n) is 4.02. The smallest absolute Gasteiger partial charge is 0.159 e. The lowest BCUT2D eigenvalue weighted by molar-refractivity contribution is 0.509. The van der Waals surface area contributed by atoms with Crippen LogP contribution in [0, 0.1) is 11.6 Å². The molecule has 1 nitrogen and oxygen atoms in total. The molecule has 4 heteroatoms.